The van der Waals surface area contributed by atoms with Crippen LogP contribution in [0.2, 0.25) is 0 Å². The van der Waals surface area contributed by atoms with Crippen molar-refractivity contribution in [3.8, 4) is 0 Å². The minimum atomic E-state index is -4.40. The molecule has 1 aromatic rings. The van der Waals surface area contributed by atoms with Crippen LogP contribution in [0.15, 0.2) is 18.3 Å². The Bertz CT molecular complexity index is 374. The van der Waals surface area contributed by atoms with Gasteiger partial charge in [-0.3, -0.25) is 0 Å². The maximum atomic E-state index is 12.3. The molecule has 0 spiro atoms. The minimum absolute atomic E-state index is 0.0704. The van der Waals surface area contributed by atoms with Gasteiger partial charge in [0.25, 0.3) is 0 Å². The van der Waals surface area contributed by atoms with Gasteiger partial charge in [-0.2, -0.15) is 25.8 Å². The van der Waals surface area contributed by atoms with Gasteiger partial charge in [-0.05, 0) is 6.07 Å². The molecule has 15 heavy (non-hydrogen) atoms. The van der Waals surface area contributed by atoms with Crippen LogP contribution < -0.4 is 5.73 Å². The number of nitrogens with two attached hydrogens (primary N) is 1. The Morgan fingerprint density at radius 1 is 1.47 bits per heavy atom. The zero-order valence-electron chi connectivity index (χ0n) is 7.62. The van der Waals surface area contributed by atoms with E-state index in [0.29, 0.717) is 11.9 Å². The van der Waals surface area contributed by atoms with Crippen molar-refractivity contribution in [1.29, 1.82) is 0 Å². The highest BCUT2D eigenvalue weighted by Crippen LogP contribution is 2.30. The Morgan fingerprint density at radius 3 is 2.67 bits per heavy atom. The number of nitrogen functional groups attached to an aromatic ring is 1. The summed E-state index contributed by atoms with van der Waals surface area (Å²) in [5.41, 5.74) is 4.86. The largest absolute Gasteiger partial charge is 0.417 e. The van der Waals surface area contributed by atoms with Gasteiger partial charge in [0, 0.05) is 17.5 Å². The SMILES string of the molecule is Nc1ncc(C(F)(F)F)cc1C=CCS. The fourth-order valence-corrected chi connectivity index (χ4v) is 1.07. The van der Waals surface area contributed by atoms with Crippen LogP contribution in [0.3, 0.4) is 0 Å². The molecule has 0 saturated carbocycles. The van der Waals surface area contributed by atoms with E-state index in [0.717, 1.165) is 6.07 Å². The fraction of sp³-hybridized carbons (Fsp3) is 0.222. The molecule has 2 nitrogen and oxygen atoms in total. The first-order valence-electron chi connectivity index (χ1n) is 4.05. The summed E-state index contributed by atoms with van der Waals surface area (Å²) in [7, 11) is 0. The predicted octanol–water partition coefficient (Wildman–Crippen LogP) is 2.63. The van der Waals surface area contributed by atoms with Crippen LogP contribution in [0.5, 0.6) is 0 Å². The maximum Gasteiger partial charge on any atom is 0.417 e. The second-order valence-corrected chi connectivity index (χ2v) is 3.15. The quantitative estimate of drug-likeness (QED) is 0.772. The highest BCUT2D eigenvalue weighted by atomic mass is 32.1. The second kappa shape index (κ2) is 4.57. The summed E-state index contributed by atoms with van der Waals surface area (Å²) >= 11 is 3.90. The molecule has 6 heteroatoms. The van der Waals surface area contributed by atoms with Crippen molar-refractivity contribution in [2.45, 2.75) is 6.18 Å². The molecule has 82 valence electrons. The van der Waals surface area contributed by atoms with E-state index in [-0.39, 0.29) is 11.4 Å². The van der Waals surface area contributed by atoms with Crippen molar-refractivity contribution < 1.29 is 13.2 Å². The standard InChI is InChI=1S/C9H9F3N2S/c10-9(11,12)7-4-6(2-1-3-15)8(13)14-5-7/h1-2,4-5,15H,3H2,(H2,13,14). The van der Waals surface area contributed by atoms with E-state index < -0.39 is 11.7 Å². The molecule has 0 saturated heterocycles. The third-order valence-corrected chi connectivity index (χ3v) is 1.89. The number of rotatable bonds is 2. The summed E-state index contributed by atoms with van der Waals surface area (Å²) in [6, 6.07) is 0.961. The third-order valence-electron chi connectivity index (χ3n) is 1.68. The van der Waals surface area contributed by atoms with Crippen LogP contribution in [0.4, 0.5) is 19.0 Å². The van der Waals surface area contributed by atoms with E-state index in [1.807, 2.05) is 0 Å². The van der Waals surface area contributed by atoms with Gasteiger partial charge < -0.3 is 5.73 Å². The number of alkyl halides is 3. The summed E-state index contributed by atoms with van der Waals surface area (Å²) in [6.45, 7) is 0. The smallest absolute Gasteiger partial charge is 0.383 e. The summed E-state index contributed by atoms with van der Waals surface area (Å²) in [5.74, 6) is 0.497. The van der Waals surface area contributed by atoms with Crippen molar-refractivity contribution in [2.75, 3.05) is 11.5 Å². The Hall–Kier alpha value is -1.17. The van der Waals surface area contributed by atoms with E-state index in [1.54, 1.807) is 6.08 Å². The lowest BCUT2D eigenvalue weighted by Crippen LogP contribution is -2.07. The van der Waals surface area contributed by atoms with Crippen molar-refractivity contribution in [3.05, 3.63) is 29.5 Å². The van der Waals surface area contributed by atoms with Gasteiger partial charge in [0.2, 0.25) is 0 Å². The Morgan fingerprint density at radius 2 is 2.13 bits per heavy atom. The van der Waals surface area contributed by atoms with Gasteiger partial charge in [-0.25, -0.2) is 4.98 Å². The third kappa shape index (κ3) is 3.16. The van der Waals surface area contributed by atoms with Crippen LogP contribution in [0.25, 0.3) is 6.08 Å². The van der Waals surface area contributed by atoms with E-state index in [2.05, 4.69) is 17.6 Å². The molecule has 0 fully saturated rings. The predicted molar refractivity (Wildman–Crippen MR) is 56.5 cm³/mol. The summed E-state index contributed by atoms with van der Waals surface area (Å²) < 4.78 is 36.9. The van der Waals surface area contributed by atoms with Gasteiger partial charge in [0.15, 0.2) is 0 Å². The van der Waals surface area contributed by atoms with E-state index in [4.69, 9.17) is 5.73 Å². The number of pyridine rings is 1. The number of anilines is 1. The normalized spacial score (nSPS) is 12.3. The van der Waals surface area contributed by atoms with E-state index in [1.165, 1.54) is 6.08 Å². The summed E-state index contributed by atoms with van der Waals surface area (Å²) in [5, 5.41) is 0. The van der Waals surface area contributed by atoms with E-state index >= 15 is 0 Å². The average Bonchev–Trinajstić information content (AvgIpc) is 2.15. The molecule has 0 unspecified atom stereocenters. The molecule has 0 bridgehead atoms. The second-order valence-electron chi connectivity index (χ2n) is 2.78. The lowest BCUT2D eigenvalue weighted by molar-refractivity contribution is -0.137. The topological polar surface area (TPSA) is 38.9 Å². The molecule has 0 aliphatic rings. The molecule has 1 heterocycles. The van der Waals surface area contributed by atoms with Crippen LogP contribution in [-0.4, -0.2) is 10.7 Å². The Balaban J connectivity index is 3.11. The first-order valence-corrected chi connectivity index (χ1v) is 4.68. The van der Waals surface area contributed by atoms with Gasteiger partial charge in [0.05, 0.1) is 5.56 Å². The van der Waals surface area contributed by atoms with Crippen molar-refractivity contribution in [3.63, 3.8) is 0 Å². The lowest BCUT2D eigenvalue weighted by Gasteiger charge is -2.07. The van der Waals surface area contributed by atoms with Gasteiger partial charge in [-0.15, -0.1) is 0 Å². The monoisotopic (exact) mass is 234 g/mol. The zero-order chi connectivity index (χ0) is 11.5. The molecule has 0 amide bonds. The average molecular weight is 234 g/mol. The molecule has 0 atom stereocenters. The number of halogens is 3. The van der Waals surface area contributed by atoms with Crippen LogP contribution in [0, 0.1) is 0 Å². The highest BCUT2D eigenvalue weighted by molar-refractivity contribution is 7.80. The molecule has 0 aliphatic heterocycles. The minimum Gasteiger partial charge on any atom is -0.383 e. The first-order chi connectivity index (χ1) is 6.95. The Kier molecular flexibility index (Phi) is 3.62. The number of hydrogen-bond acceptors (Lipinski definition) is 3. The fourth-order valence-electron chi connectivity index (χ4n) is 0.961. The van der Waals surface area contributed by atoms with Crippen molar-refractivity contribution in [1.82, 2.24) is 4.98 Å². The molecule has 1 rings (SSSR count). The molecular weight excluding hydrogens is 225 g/mol. The number of hydrogen-bond donors (Lipinski definition) is 2. The summed E-state index contributed by atoms with van der Waals surface area (Å²) in [6.07, 6.45) is -0.626. The molecule has 0 radical (unpaired) electrons. The van der Waals surface area contributed by atoms with Crippen LogP contribution in [-0.2, 0) is 6.18 Å². The number of thiol groups is 1. The van der Waals surface area contributed by atoms with Gasteiger partial charge in [-0.1, -0.05) is 12.2 Å². The van der Waals surface area contributed by atoms with E-state index in [9.17, 15) is 13.2 Å². The highest BCUT2D eigenvalue weighted by Gasteiger charge is 2.31. The molecule has 1 aromatic heterocycles. The van der Waals surface area contributed by atoms with Crippen molar-refractivity contribution >= 4 is 24.5 Å². The molecule has 0 aromatic carbocycles. The summed E-state index contributed by atoms with van der Waals surface area (Å²) in [4.78, 5) is 3.48. The van der Waals surface area contributed by atoms with Crippen LogP contribution in [0.1, 0.15) is 11.1 Å². The lowest BCUT2D eigenvalue weighted by atomic mass is 10.1. The molecular formula is C9H9F3N2S. The zero-order valence-corrected chi connectivity index (χ0v) is 8.52. The van der Waals surface area contributed by atoms with Gasteiger partial charge in [0.1, 0.15) is 5.82 Å². The van der Waals surface area contributed by atoms with Crippen molar-refractivity contribution in [2.24, 2.45) is 0 Å². The van der Waals surface area contributed by atoms with Gasteiger partial charge >= 0.3 is 6.18 Å². The molecule has 2 N–H and O–H groups in total. The first kappa shape index (κ1) is 11.9. The maximum absolute atomic E-state index is 12.3. The number of nitrogens with zero attached hydrogens (tertiary/aromatic N) is 1. The number of aromatic nitrogens is 1. The Labute approximate surface area is 90.4 Å². The van der Waals surface area contributed by atoms with Crippen LogP contribution >= 0.6 is 12.6 Å². The molecule has 0 aliphatic carbocycles.